The number of carbonyl (C=O) groups is 2. The van der Waals surface area contributed by atoms with Crippen LogP contribution in [-0.2, 0) is 9.59 Å². The van der Waals surface area contributed by atoms with E-state index in [9.17, 15) is 14.0 Å². The highest BCUT2D eigenvalue weighted by molar-refractivity contribution is 6.39. The number of benzene rings is 2. The molecule has 1 fully saturated rings. The summed E-state index contributed by atoms with van der Waals surface area (Å²) in [6.45, 7) is 1.91. The monoisotopic (exact) mass is 396 g/mol. The van der Waals surface area contributed by atoms with E-state index >= 15 is 0 Å². The largest absolute Gasteiger partial charge is 0.423 e. The van der Waals surface area contributed by atoms with E-state index in [1.165, 1.54) is 18.2 Å². The van der Waals surface area contributed by atoms with Gasteiger partial charge in [0.05, 0.1) is 5.69 Å². The van der Waals surface area contributed by atoms with Crippen molar-refractivity contribution in [2.45, 2.75) is 12.8 Å². The number of rotatable bonds is 4. The smallest absolute Gasteiger partial charge is 0.313 e. The van der Waals surface area contributed by atoms with Gasteiger partial charge in [0.25, 0.3) is 6.01 Å². The Morgan fingerprint density at radius 2 is 1.79 bits per heavy atom. The highest BCUT2D eigenvalue weighted by Gasteiger charge is 2.24. The molecule has 0 bridgehead atoms. The normalized spacial score (nSPS) is 14.7. The molecule has 2 N–H and O–H groups in total. The summed E-state index contributed by atoms with van der Waals surface area (Å²) < 4.78 is 19.4. The van der Waals surface area contributed by atoms with Crippen LogP contribution in [0.1, 0.15) is 12.8 Å². The Balaban J connectivity index is 1.25. The van der Waals surface area contributed by atoms with Crippen LogP contribution >= 0.6 is 0 Å². The summed E-state index contributed by atoms with van der Waals surface area (Å²) in [7, 11) is 0. The average molecular weight is 396 g/mol. The second kappa shape index (κ2) is 8.30. The van der Waals surface area contributed by atoms with Gasteiger partial charge in [0.1, 0.15) is 11.3 Å². The number of hydrogen-bond acceptors (Lipinski definition) is 5. The number of amides is 2. The van der Waals surface area contributed by atoms with Crippen molar-refractivity contribution in [1.82, 2.24) is 10.3 Å². The van der Waals surface area contributed by atoms with Crippen LogP contribution in [0.3, 0.4) is 0 Å². The van der Waals surface area contributed by atoms with Gasteiger partial charge in [-0.15, -0.1) is 0 Å². The fourth-order valence-corrected chi connectivity index (χ4v) is 3.38. The molecule has 2 heterocycles. The van der Waals surface area contributed by atoms with Gasteiger partial charge in [-0.05, 0) is 43.0 Å². The van der Waals surface area contributed by atoms with Gasteiger partial charge in [-0.2, -0.15) is 4.98 Å². The minimum absolute atomic E-state index is 0.0145. The molecular weight excluding hydrogens is 375 g/mol. The van der Waals surface area contributed by atoms with Gasteiger partial charge in [0.15, 0.2) is 5.58 Å². The van der Waals surface area contributed by atoms with E-state index in [0.717, 1.165) is 37.0 Å². The Morgan fingerprint density at radius 1 is 1.07 bits per heavy atom. The topological polar surface area (TPSA) is 87.5 Å². The first-order valence-corrected chi connectivity index (χ1v) is 9.54. The van der Waals surface area contributed by atoms with Gasteiger partial charge in [-0.1, -0.05) is 24.3 Å². The molecule has 0 spiro atoms. The Hall–Kier alpha value is -3.42. The SMILES string of the molecule is O=C(NCC1CCN(c2nc3ccccc3o2)CC1)C(=O)Nc1ccccc1F. The predicted molar refractivity (Wildman–Crippen MR) is 107 cm³/mol. The third kappa shape index (κ3) is 4.37. The summed E-state index contributed by atoms with van der Waals surface area (Å²) in [4.78, 5) is 30.5. The van der Waals surface area contributed by atoms with Crippen LogP contribution in [-0.4, -0.2) is 36.4 Å². The zero-order valence-electron chi connectivity index (χ0n) is 15.7. The molecule has 0 aliphatic carbocycles. The van der Waals surface area contributed by atoms with Gasteiger partial charge in [0, 0.05) is 19.6 Å². The second-order valence-electron chi connectivity index (χ2n) is 7.04. The molecule has 7 nitrogen and oxygen atoms in total. The maximum atomic E-state index is 13.6. The molecule has 0 radical (unpaired) electrons. The standard InChI is InChI=1S/C21H21FN4O3/c22-15-5-1-2-6-16(15)24-20(28)19(27)23-13-14-9-11-26(12-10-14)21-25-17-7-3-4-8-18(17)29-21/h1-8,14H,9-13H2,(H,23,27)(H,24,28). The van der Waals surface area contributed by atoms with Crippen LogP contribution in [0.2, 0.25) is 0 Å². The van der Waals surface area contributed by atoms with Crippen molar-refractivity contribution in [3.63, 3.8) is 0 Å². The number of aromatic nitrogens is 1. The number of halogens is 1. The summed E-state index contributed by atoms with van der Waals surface area (Å²) in [6, 6.07) is 14.0. The summed E-state index contributed by atoms with van der Waals surface area (Å²) in [5.41, 5.74) is 1.58. The van der Waals surface area contributed by atoms with Gasteiger partial charge >= 0.3 is 11.8 Å². The molecule has 0 atom stereocenters. The van der Waals surface area contributed by atoms with Crippen LogP contribution in [0.5, 0.6) is 0 Å². The molecule has 2 amide bonds. The molecular formula is C21H21FN4O3. The predicted octanol–water partition coefficient (Wildman–Crippen LogP) is 2.94. The Labute approximate surface area is 166 Å². The average Bonchev–Trinajstić information content (AvgIpc) is 3.18. The van der Waals surface area contributed by atoms with Gasteiger partial charge in [-0.3, -0.25) is 9.59 Å². The summed E-state index contributed by atoms with van der Waals surface area (Å²) >= 11 is 0. The molecule has 29 heavy (non-hydrogen) atoms. The highest BCUT2D eigenvalue weighted by atomic mass is 19.1. The lowest BCUT2D eigenvalue weighted by Gasteiger charge is -2.30. The maximum Gasteiger partial charge on any atom is 0.313 e. The summed E-state index contributed by atoms with van der Waals surface area (Å²) in [5, 5.41) is 4.92. The van der Waals surface area contributed by atoms with E-state index < -0.39 is 17.6 Å². The number of para-hydroxylation sites is 3. The van der Waals surface area contributed by atoms with E-state index in [4.69, 9.17) is 4.42 Å². The van der Waals surface area contributed by atoms with E-state index in [2.05, 4.69) is 20.5 Å². The molecule has 1 aromatic heterocycles. The minimum Gasteiger partial charge on any atom is -0.423 e. The fourth-order valence-electron chi connectivity index (χ4n) is 3.38. The van der Waals surface area contributed by atoms with Crippen molar-refractivity contribution in [2.24, 2.45) is 5.92 Å². The van der Waals surface area contributed by atoms with Crippen molar-refractivity contribution in [2.75, 3.05) is 29.9 Å². The minimum atomic E-state index is -0.876. The lowest BCUT2D eigenvalue weighted by Crippen LogP contribution is -2.42. The molecule has 8 heteroatoms. The number of nitrogens with one attached hydrogen (secondary N) is 2. The molecule has 2 aromatic carbocycles. The van der Waals surface area contributed by atoms with Crippen LogP contribution in [0, 0.1) is 11.7 Å². The zero-order chi connectivity index (χ0) is 20.2. The van der Waals surface area contributed by atoms with Crippen molar-refractivity contribution in [1.29, 1.82) is 0 Å². The number of hydrogen-bond donors (Lipinski definition) is 2. The van der Waals surface area contributed by atoms with E-state index in [-0.39, 0.29) is 11.6 Å². The van der Waals surface area contributed by atoms with E-state index in [0.29, 0.717) is 12.6 Å². The Kier molecular flexibility index (Phi) is 5.41. The molecule has 1 saturated heterocycles. The maximum absolute atomic E-state index is 13.6. The van der Waals surface area contributed by atoms with Crippen LogP contribution < -0.4 is 15.5 Å². The van der Waals surface area contributed by atoms with Gasteiger partial charge < -0.3 is 20.0 Å². The van der Waals surface area contributed by atoms with Crippen LogP contribution in [0.25, 0.3) is 11.1 Å². The number of piperidine rings is 1. The molecule has 1 aliphatic rings. The van der Waals surface area contributed by atoms with Gasteiger partial charge in [0.2, 0.25) is 0 Å². The first-order valence-electron chi connectivity index (χ1n) is 9.54. The number of fused-ring (bicyclic) bond motifs is 1. The fraction of sp³-hybridized carbons (Fsp3) is 0.286. The van der Waals surface area contributed by atoms with Gasteiger partial charge in [-0.25, -0.2) is 4.39 Å². The Bertz CT molecular complexity index is 994. The molecule has 4 rings (SSSR count). The quantitative estimate of drug-likeness (QED) is 0.662. The van der Waals surface area contributed by atoms with E-state index in [1.54, 1.807) is 6.07 Å². The lowest BCUT2D eigenvalue weighted by atomic mass is 9.97. The summed E-state index contributed by atoms with van der Waals surface area (Å²) in [5.74, 6) is -1.98. The van der Waals surface area contributed by atoms with Crippen LogP contribution in [0.4, 0.5) is 16.1 Å². The molecule has 0 unspecified atom stereocenters. The van der Waals surface area contributed by atoms with Crippen molar-refractivity contribution in [3.05, 3.63) is 54.3 Å². The van der Waals surface area contributed by atoms with Crippen molar-refractivity contribution < 1.29 is 18.4 Å². The first kappa shape index (κ1) is 18.9. The van der Waals surface area contributed by atoms with E-state index in [1.807, 2.05) is 24.3 Å². The highest BCUT2D eigenvalue weighted by Crippen LogP contribution is 2.26. The number of carbonyl (C=O) groups excluding carboxylic acids is 2. The number of oxazole rings is 1. The second-order valence-corrected chi connectivity index (χ2v) is 7.04. The Morgan fingerprint density at radius 3 is 2.55 bits per heavy atom. The van der Waals surface area contributed by atoms with Crippen molar-refractivity contribution in [3.8, 4) is 0 Å². The zero-order valence-corrected chi connectivity index (χ0v) is 15.7. The van der Waals surface area contributed by atoms with Crippen molar-refractivity contribution >= 4 is 34.6 Å². The molecule has 3 aromatic rings. The number of nitrogens with zero attached hydrogens (tertiary/aromatic N) is 2. The molecule has 150 valence electrons. The lowest BCUT2D eigenvalue weighted by molar-refractivity contribution is -0.136. The van der Waals surface area contributed by atoms with Crippen LogP contribution in [0.15, 0.2) is 52.9 Å². The molecule has 0 saturated carbocycles. The third-order valence-electron chi connectivity index (χ3n) is 5.05. The first-order chi connectivity index (χ1) is 14.1. The molecule has 1 aliphatic heterocycles. The summed E-state index contributed by atoms with van der Waals surface area (Å²) in [6.07, 6.45) is 1.68. The number of anilines is 2. The third-order valence-corrected chi connectivity index (χ3v) is 5.05.